The summed E-state index contributed by atoms with van der Waals surface area (Å²) in [5.41, 5.74) is 0.958. The van der Waals surface area contributed by atoms with Gasteiger partial charge in [-0.2, -0.15) is 4.31 Å². The molecule has 1 N–H and O–H groups in total. The SMILES string of the molecule is CCNc1ccc(S(=O)(=O)N2CCCCCCC2)cc1. The third-order valence-electron chi connectivity index (χ3n) is 3.69. The minimum atomic E-state index is -3.33. The molecule has 1 aromatic rings. The summed E-state index contributed by atoms with van der Waals surface area (Å²) in [5.74, 6) is 0. The Hall–Kier alpha value is -1.07. The first-order valence-corrected chi connectivity index (χ1v) is 8.92. The van der Waals surface area contributed by atoms with Crippen LogP contribution in [0.5, 0.6) is 0 Å². The van der Waals surface area contributed by atoms with E-state index < -0.39 is 10.0 Å². The Bertz CT molecular complexity index is 503. The lowest BCUT2D eigenvalue weighted by molar-refractivity contribution is 0.364. The zero-order valence-corrected chi connectivity index (χ0v) is 13.0. The van der Waals surface area contributed by atoms with E-state index in [0.717, 1.165) is 37.9 Å². The fourth-order valence-corrected chi connectivity index (χ4v) is 4.07. The van der Waals surface area contributed by atoms with Crippen LogP contribution in [0, 0.1) is 0 Å². The van der Waals surface area contributed by atoms with E-state index in [2.05, 4.69) is 5.32 Å². The monoisotopic (exact) mass is 296 g/mol. The van der Waals surface area contributed by atoms with E-state index >= 15 is 0 Å². The summed E-state index contributed by atoms with van der Waals surface area (Å²) in [6, 6.07) is 7.07. The van der Waals surface area contributed by atoms with Crippen LogP contribution in [-0.2, 0) is 10.0 Å². The molecule has 1 aliphatic heterocycles. The standard InChI is InChI=1S/C15H24N2O2S/c1-2-16-14-8-10-15(11-9-14)20(18,19)17-12-6-4-3-5-7-13-17/h8-11,16H,2-7,12-13H2,1H3. The van der Waals surface area contributed by atoms with E-state index in [-0.39, 0.29) is 0 Å². The molecule has 4 nitrogen and oxygen atoms in total. The Kier molecular flexibility index (Phi) is 5.43. The smallest absolute Gasteiger partial charge is 0.243 e. The van der Waals surface area contributed by atoms with Crippen molar-refractivity contribution in [3.63, 3.8) is 0 Å². The van der Waals surface area contributed by atoms with Gasteiger partial charge in [0.25, 0.3) is 0 Å². The Morgan fingerprint density at radius 2 is 1.55 bits per heavy atom. The van der Waals surface area contributed by atoms with Gasteiger partial charge in [-0.3, -0.25) is 0 Å². The molecule has 1 aromatic carbocycles. The molecule has 0 saturated carbocycles. The van der Waals surface area contributed by atoms with Gasteiger partial charge in [0.05, 0.1) is 4.90 Å². The molecule has 0 unspecified atom stereocenters. The highest BCUT2D eigenvalue weighted by Crippen LogP contribution is 2.21. The second-order valence-electron chi connectivity index (χ2n) is 5.23. The van der Waals surface area contributed by atoms with Crippen molar-refractivity contribution in [3.05, 3.63) is 24.3 Å². The van der Waals surface area contributed by atoms with Crippen molar-refractivity contribution in [2.75, 3.05) is 25.0 Å². The van der Waals surface area contributed by atoms with Gasteiger partial charge in [0.15, 0.2) is 0 Å². The van der Waals surface area contributed by atoms with Crippen LogP contribution in [0.3, 0.4) is 0 Å². The second kappa shape index (κ2) is 7.09. The first kappa shape index (κ1) is 15.3. The van der Waals surface area contributed by atoms with Crippen molar-refractivity contribution in [1.82, 2.24) is 4.31 Å². The minimum absolute atomic E-state index is 0.403. The van der Waals surface area contributed by atoms with Crippen molar-refractivity contribution < 1.29 is 8.42 Å². The molecule has 1 saturated heterocycles. The average Bonchev–Trinajstić information content (AvgIpc) is 2.39. The predicted molar refractivity (Wildman–Crippen MR) is 82.4 cm³/mol. The molecule has 5 heteroatoms. The van der Waals surface area contributed by atoms with Crippen LogP contribution in [-0.4, -0.2) is 32.4 Å². The van der Waals surface area contributed by atoms with Gasteiger partial charge >= 0.3 is 0 Å². The van der Waals surface area contributed by atoms with E-state index in [1.807, 2.05) is 19.1 Å². The lowest BCUT2D eigenvalue weighted by atomic mass is 10.1. The number of benzene rings is 1. The Labute approximate surface area is 122 Å². The summed E-state index contributed by atoms with van der Waals surface area (Å²) in [4.78, 5) is 0.403. The number of sulfonamides is 1. The first-order chi connectivity index (χ1) is 9.64. The van der Waals surface area contributed by atoms with Gasteiger partial charge < -0.3 is 5.32 Å². The molecule has 1 aliphatic rings. The first-order valence-electron chi connectivity index (χ1n) is 7.48. The Morgan fingerprint density at radius 1 is 1.00 bits per heavy atom. The van der Waals surface area contributed by atoms with Crippen LogP contribution in [0.4, 0.5) is 5.69 Å². The predicted octanol–water partition coefficient (Wildman–Crippen LogP) is 3.07. The van der Waals surface area contributed by atoms with E-state index in [9.17, 15) is 8.42 Å². The maximum absolute atomic E-state index is 12.6. The van der Waals surface area contributed by atoms with Crippen molar-refractivity contribution in [2.45, 2.75) is 43.9 Å². The third-order valence-corrected chi connectivity index (χ3v) is 5.60. The number of anilines is 1. The summed E-state index contributed by atoms with van der Waals surface area (Å²) in [7, 11) is -3.33. The number of hydrogen-bond donors (Lipinski definition) is 1. The number of hydrogen-bond acceptors (Lipinski definition) is 3. The zero-order chi connectivity index (χ0) is 14.4. The van der Waals surface area contributed by atoms with Crippen molar-refractivity contribution in [3.8, 4) is 0 Å². The quantitative estimate of drug-likeness (QED) is 0.929. The van der Waals surface area contributed by atoms with Crippen LogP contribution in [0.1, 0.15) is 39.0 Å². The molecule has 2 rings (SSSR count). The molecule has 1 fully saturated rings. The highest BCUT2D eigenvalue weighted by atomic mass is 32.2. The summed E-state index contributed by atoms with van der Waals surface area (Å²) >= 11 is 0. The van der Waals surface area contributed by atoms with Gasteiger partial charge in [-0.15, -0.1) is 0 Å². The van der Waals surface area contributed by atoms with Crippen LogP contribution in [0.15, 0.2) is 29.2 Å². The maximum atomic E-state index is 12.6. The van der Waals surface area contributed by atoms with Gasteiger partial charge in [0.1, 0.15) is 0 Å². The Morgan fingerprint density at radius 3 is 2.10 bits per heavy atom. The Balaban J connectivity index is 2.15. The van der Waals surface area contributed by atoms with Gasteiger partial charge in [-0.1, -0.05) is 19.3 Å². The van der Waals surface area contributed by atoms with Crippen molar-refractivity contribution in [1.29, 1.82) is 0 Å². The topological polar surface area (TPSA) is 49.4 Å². The molecule has 0 bridgehead atoms. The molecular formula is C15H24N2O2S. The van der Waals surface area contributed by atoms with Crippen LogP contribution in [0.25, 0.3) is 0 Å². The summed E-state index contributed by atoms with van der Waals surface area (Å²) in [6.45, 7) is 4.15. The normalized spacial score (nSPS) is 18.2. The van der Waals surface area contributed by atoms with E-state index in [1.165, 1.54) is 6.42 Å². The highest BCUT2D eigenvalue weighted by Gasteiger charge is 2.24. The number of nitrogens with one attached hydrogen (secondary N) is 1. The number of rotatable bonds is 4. The van der Waals surface area contributed by atoms with Crippen molar-refractivity contribution in [2.24, 2.45) is 0 Å². The van der Waals surface area contributed by atoms with E-state index in [4.69, 9.17) is 0 Å². The maximum Gasteiger partial charge on any atom is 0.243 e. The molecule has 0 amide bonds. The van der Waals surface area contributed by atoms with Gasteiger partial charge in [0, 0.05) is 25.3 Å². The van der Waals surface area contributed by atoms with Gasteiger partial charge in [0.2, 0.25) is 10.0 Å². The van der Waals surface area contributed by atoms with Crippen molar-refractivity contribution >= 4 is 15.7 Å². The minimum Gasteiger partial charge on any atom is -0.385 e. The second-order valence-corrected chi connectivity index (χ2v) is 7.16. The lowest BCUT2D eigenvalue weighted by Crippen LogP contribution is -2.33. The molecule has 0 spiro atoms. The molecule has 0 radical (unpaired) electrons. The largest absolute Gasteiger partial charge is 0.385 e. The van der Waals surface area contributed by atoms with Gasteiger partial charge in [-0.25, -0.2) is 8.42 Å². The third kappa shape index (κ3) is 3.73. The summed E-state index contributed by atoms with van der Waals surface area (Å²) < 4.78 is 26.9. The van der Waals surface area contributed by atoms with Gasteiger partial charge in [-0.05, 0) is 44.0 Å². The summed E-state index contributed by atoms with van der Waals surface area (Å²) in [6.07, 6.45) is 5.42. The average molecular weight is 296 g/mol. The molecular weight excluding hydrogens is 272 g/mol. The van der Waals surface area contributed by atoms with Crippen LogP contribution in [0.2, 0.25) is 0 Å². The fraction of sp³-hybridized carbons (Fsp3) is 0.600. The molecule has 112 valence electrons. The molecule has 0 atom stereocenters. The summed E-state index contributed by atoms with van der Waals surface area (Å²) in [5, 5.41) is 3.18. The lowest BCUT2D eigenvalue weighted by Gasteiger charge is -2.24. The van der Waals surface area contributed by atoms with E-state index in [1.54, 1.807) is 16.4 Å². The molecule has 1 heterocycles. The molecule has 0 aromatic heterocycles. The van der Waals surface area contributed by atoms with Crippen LogP contribution < -0.4 is 5.32 Å². The zero-order valence-electron chi connectivity index (χ0n) is 12.1. The molecule has 0 aliphatic carbocycles. The van der Waals surface area contributed by atoms with Crippen LogP contribution >= 0.6 is 0 Å². The fourth-order valence-electron chi connectivity index (χ4n) is 2.56. The molecule has 20 heavy (non-hydrogen) atoms. The highest BCUT2D eigenvalue weighted by molar-refractivity contribution is 7.89. The number of nitrogens with zero attached hydrogens (tertiary/aromatic N) is 1. The van der Waals surface area contributed by atoms with E-state index in [0.29, 0.717) is 18.0 Å².